The van der Waals surface area contributed by atoms with Crippen molar-refractivity contribution in [3.05, 3.63) is 0 Å². The number of carbonyl (C=O) groups is 1. The van der Waals surface area contributed by atoms with Crippen molar-refractivity contribution in [2.24, 2.45) is 17.8 Å². The molecular formula is C14H30N2O. The first-order valence-electron chi connectivity index (χ1n) is 6.79. The highest BCUT2D eigenvalue weighted by Gasteiger charge is 2.24. The van der Waals surface area contributed by atoms with Crippen molar-refractivity contribution < 1.29 is 4.79 Å². The lowest BCUT2D eigenvalue weighted by molar-refractivity contribution is -0.135. The minimum absolute atomic E-state index is 0.101. The number of hydrogen-bond acceptors (Lipinski definition) is 2. The number of nitrogens with one attached hydrogen (secondary N) is 1. The monoisotopic (exact) mass is 242 g/mol. The van der Waals surface area contributed by atoms with E-state index in [-0.39, 0.29) is 11.8 Å². The fourth-order valence-corrected chi connectivity index (χ4v) is 1.96. The first-order valence-corrected chi connectivity index (χ1v) is 6.79. The second kappa shape index (κ2) is 8.51. The SMILES string of the molecule is CNCC(C(=O)N(C)CCCC(C)C)C(C)C. The summed E-state index contributed by atoms with van der Waals surface area (Å²) in [6.45, 7) is 10.3. The van der Waals surface area contributed by atoms with Crippen LogP contribution in [0.4, 0.5) is 0 Å². The predicted octanol–water partition coefficient (Wildman–Crippen LogP) is 2.37. The molecule has 0 spiro atoms. The van der Waals surface area contributed by atoms with Gasteiger partial charge >= 0.3 is 0 Å². The van der Waals surface area contributed by atoms with Crippen molar-refractivity contribution in [2.75, 3.05) is 27.2 Å². The Morgan fingerprint density at radius 3 is 2.24 bits per heavy atom. The summed E-state index contributed by atoms with van der Waals surface area (Å²) >= 11 is 0. The second-order valence-corrected chi connectivity index (χ2v) is 5.70. The molecule has 0 heterocycles. The molecule has 0 bridgehead atoms. The van der Waals surface area contributed by atoms with Crippen LogP contribution in [0.25, 0.3) is 0 Å². The molecule has 0 aromatic rings. The molecule has 102 valence electrons. The average molecular weight is 242 g/mol. The van der Waals surface area contributed by atoms with Crippen LogP contribution in [0.1, 0.15) is 40.5 Å². The summed E-state index contributed by atoms with van der Waals surface area (Å²) in [6.07, 6.45) is 2.29. The molecule has 0 aromatic carbocycles. The van der Waals surface area contributed by atoms with E-state index in [1.54, 1.807) is 0 Å². The molecule has 0 rings (SSSR count). The maximum atomic E-state index is 12.2. The Kier molecular flexibility index (Phi) is 8.23. The lowest BCUT2D eigenvalue weighted by Gasteiger charge is -2.26. The van der Waals surface area contributed by atoms with Gasteiger partial charge in [0.1, 0.15) is 0 Å². The molecular weight excluding hydrogens is 212 g/mol. The van der Waals surface area contributed by atoms with Gasteiger partial charge in [0.25, 0.3) is 0 Å². The topological polar surface area (TPSA) is 32.3 Å². The van der Waals surface area contributed by atoms with Crippen molar-refractivity contribution in [3.63, 3.8) is 0 Å². The third kappa shape index (κ3) is 6.67. The van der Waals surface area contributed by atoms with Gasteiger partial charge in [-0.1, -0.05) is 27.7 Å². The Bertz CT molecular complexity index is 214. The van der Waals surface area contributed by atoms with Gasteiger partial charge in [-0.25, -0.2) is 0 Å². The molecule has 1 N–H and O–H groups in total. The van der Waals surface area contributed by atoms with E-state index in [1.807, 2.05) is 19.0 Å². The highest BCUT2D eigenvalue weighted by Crippen LogP contribution is 2.14. The summed E-state index contributed by atoms with van der Waals surface area (Å²) in [6, 6.07) is 0. The molecule has 0 saturated heterocycles. The highest BCUT2D eigenvalue weighted by atomic mass is 16.2. The van der Waals surface area contributed by atoms with Crippen molar-refractivity contribution in [1.29, 1.82) is 0 Å². The zero-order valence-electron chi connectivity index (χ0n) is 12.4. The maximum Gasteiger partial charge on any atom is 0.226 e. The van der Waals surface area contributed by atoms with Crippen LogP contribution in [0.5, 0.6) is 0 Å². The van der Waals surface area contributed by atoms with E-state index in [1.165, 1.54) is 6.42 Å². The summed E-state index contributed by atoms with van der Waals surface area (Å²) in [5, 5.41) is 3.11. The van der Waals surface area contributed by atoms with Gasteiger partial charge in [-0.2, -0.15) is 0 Å². The molecule has 0 radical (unpaired) electrons. The minimum atomic E-state index is 0.101. The van der Waals surface area contributed by atoms with E-state index in [2.05, 4.69) is 33.0 Å². The molecule has 1 amide bonds. The minimum Gasteiger partial charge on any atom is -0.345 e. The maximum absolute atomic E-state index is 12.2. The van der Waals surface area contributed by atoms with Gasteiger partial charge in [0, 0.05) is 20.1 Å². The molecule has 1 atom stereocenters. The van der Waals surface area contributed by atoms with Gasteiger partial charge in [-0.05, 0) is 31.7 Å². The fraction of sp³-hybridized carbons (Fsp3) is 0.929. The third-order valence-electron chi connectivity index (χ3n) is 3.20. The molecule has 0 aliphatic carbocycles. The van der Waals surface area contributed by atoms with Crippen LogP contribution in [-0.2, 0) is 4.79 Å². The summed E-state index contributed by atoms with van der Waals surface area (Å²) in [4.78, 5) is 14.1. The normalized spacial score (nSPS) is 13.2. The first kappa shape index (κ1) is 16.4. The Morgan fingerprint density at radius 1 is 1.24 bits per heavy atom. The van der Waals surface area contributed by atoms with Gasteiger partial charge in [-0.15, -0.1) is 0 Å². The number of carbonyl (C=O) groups excluding carboxylic acids is 1. The van der Waals surface area contributed by atoms with Crippen LogP contribution in [0, 0.1) is 17.8 Å². The van der Waals surface area contributed by atoms with Crippen LogP contribution < -0.4 is 5.32 Å². The Labute approximate surface area is 107 Å². The van der Waals surface area contributed by atoms with Crippen LogP contribution in [0.3, 0.4) is 0 Å². The van der Waals surface area contributed by atoms with Gasteiger partial charge < -0.3 is 10.2 Å². The Morgan fingerprint density at radius 2 is 1.82 bits per heavy atom. The van der Waals surface area contributed by atoms with E-state index in [0.29, 0.717) is 5.92 Å². The first-order chi connectivity index (χ1) is 7.90. The third-order valence-corrected chi connectivity index (χ3v) is 3.20. The van der Waals surface area contributed by atoms with Gasteiger partial charge in [0.05, 0.1) is 5.92 Å². The summed E-state index contributed by atoms with van der Waals surface area (Å²) in [5.74, 6) is 1.49. The van der Waals surface area contributed by atoms with Crippen molar-refractivity contribution in [1.82, 2.24) is 10.2 Å². The molecule has 0 fully saturated rings. The highest BCUT2D eigenvalue weighted by molar-refractivity contribution is 5.79. The molecule has 3 heteroatoms. The van der Waals surface area contributed by atoms with Gasteiger partial charge in [-0.3, -0.25) is 4.79 Å². The predicted molar refractivity (Wildman–Crippen MR) is 74.0 cm³/mol. The van der Waals surface area contributed by atoms with Gasteiger partial charge in [0.15, 0.2) is 0 Å². The smallest absolute Gasteiger partial charge is 0.226 e. The molecule has 0 aromatic heterocycles. The number of amides is 1. The molecule has 17 heavy (non-hydrogen) atoms. The van der Waals surface area contributed by atoms with E-state index < -0.39 is 0 Å². The lowest BCUT2D eigenvalue weighted by Crippen LogP contribution is -2.40. The molecule has 1 unspecified atom stereocenters. The molecule has 0 aliphatic heterocycles. The van der Waals surface area contributed by atoms with Crippen molar-refractivity contribution in [3.8, 4) is 0 Å². The van der Waals surface area contributed by atoms with Crippen LogP contribution in [-0.4, -0.2) is 38.0 Å². The number of nitrogens with zero attached hydrogens (tertiary/aromatic N) is 1. The Balaban J connectivity index is 4.16. The van der Waals surface area contributed by atoms with Crippen LogP contribution in [0.2, 0.25) is 0 Å². The van der Waals surface area contributed by atoms with Gasteiger partial charge in [0.2, 0.25) is 5.91 Å². The zero-order chi connectivity index (χ0) is 13.4. The van der Waals surface area contributed by atoms with Crippen molar-refractivity contribution in [2.45, 2.75) is 40.5 Å². The van der Waals surface area contributed by atoms with E-state index in [4.69, 9.17) is 0 Å². The molecule has 0 saturated carbocycles. The standard InChI is InChI=1S/C14H30N2O/c1-11(2)8-7-9-16(6)14(17)13(10-15-5)12(3)4/h11-13,15H,7-10H2,1-6H3. The zero-order valence-corrected chi connectivity index (χ0v) is 12.4. The summed E-state index contributed by atoms with van der Waals surface area (Å²) < 4.78 is 0. The largest absolute Gasteiger partial charge is 0.345 e. The van der Waals surface area contributed by atoms with E-state index in [9.17, 15) is 4.79 Å². The quantitative estimate of drug-likeness (QED) is 0.709. The van der Waals surface area contributed by atoms with Crippen LogP contribution in [0.15, 0.2) is 0 Å². The lowest BCUT2D eigenvalue weighted by atomic mass is 9.94. The Hall–Kier alpha value is -0.570. The number of rotatable bonds is 8. The molecule has 3 nitrogen and oxygen atoms in total. The van der Waals surface area contributed by atoms with Crippen LogP contribution >= 0.6 is 0 Å². The average Bonchev–Trinajstić information content (AvgIpc) is 2.23. The van der Waals surface area contributed by atoms with E-state index >= 15 is 0 Å². The fourth-order valence-electron chi connectivity index (χ4n) is 1.96. The summed E-state index contributed by atoms with van der Waals surface area (Å²) in [5.41, 5.74) is 0. The molecule has 0 aliphatic rings. The summed E-state index contributed by atoms with van der Waals surface area (Å²) in [7, 11) is 3.83. The van der Waals surface area contributed by atoms with Crippen molar-refractivity contribution >= 4 is 5.91 Å². The van der Waals surface area contributed by atoms with E-state index in [0.717, 1.165) is 25.4 Å². The second-order valence-electron chi connectivity index (χ2n) is 5.70. The number of hydrogen-bond donors (Lipinski definition) is 1.